The summed E-state index contributed by atoms with van der Waals surface area (Å²) in [6, 6.07) is 6.77. The monoisotopic (exact) mass is 333 g/mol. The maximum absolute atomic E-state index is 12.0. The number of rotatable bonds is 8. The highest BCUT2D eigenvalue weighted by molar-refractivity contribution is 7.89. The van der Waals surface area contributed by atoms with Gasteiger partial charge >= 0.3 is 5.97 Å². The zero-order valence-electron chi connectivity index (χ0n) is 12.1. The van der Waals surface area contributed by atoms with Gasteiger partial charge in [0.15, 0.2) is 0 Å². The van der Waals surface area contributed by atoms with E-state index in [2.05, 4.69) is 9.46 Å². The van der Waals surface area contributed by atoms with Gasteiger partial charge in [-0.05, 0) is 30.5 Å². The summed E-state index contributed by atoms with van der Waals surface area (Å²) in [5, 5.41) is 0.566. The molecule has 0 bridgehead atoms. The van der Waals surface area contributed by atoms with Crippen LogP contribution in [0.25, 0.3) is 0 Å². The number of nitrogens with one attached hydrogen (secondary N) is 1. The van der Waals surface area contributed by atoms with Gasteiger partial charge in [0.25, 0.3) is 0 Å². The number of hydrogen-bond donors (Lipinski definition) is 1. The largest absolute Gasteiger partial charge is 0.469 e. The lowest BCUT2D eigenvalue weighted by Gasteiger charge is -2.17. The van der Waals surface area contributed by atoms with E-state index in [0.29, 0.717) is 11.4 Å². The highest BCUT2D eigenvalue weighted by atomic mass is 35.5. The molecule has 1 aromatic carbocycles. The molecule has 0 spiro atoms. The summed E-state index contributed by atoms with van der Waals surface area (Å²) in [5.41, 5.74) is 0.821. The predicted molar refractivity (Wildman–Crippen MR) is 82.7 cm³/mol. The molecule has 0 saturated heterocycles. The quantitative estimate of drug-likeness (QED) is 0.742. The molecular formula is C14H20ClNO4S. The molecule has 1 aromatic rings. The molecule has 1 unspecified atom stereocenters. The smallest absolute Gasteiger partial charge is 0.305 e. The van der Waals surface area contributed by atoms with E-state index in [1.807, 2.05) is 13.0 Å². The molecule has 1 N–H and O–H groups in total. The van der Waals surface area contributed by atoms with Gasteiger partial charge < -0.3 is 4.74 Å². The Kier molecular flexibility index (Phi) is 7.14. The Hall–Kier alpha value is -1.11. The second-order valence-corrected chi connectivity index (χ2v) is 6.94. The molecule has 1 rings (SSSR count). The molecule has 0 heterocycles. The van der Waals surface area contributed by atoms with E-state index in [9.17, 15) is 13.2 Å². The molecule has 1 atom stereocenters. The number of sulfonamides is 1. The normalized spacial score (nSPS) is 12.9. The van der Waals surface area contributed by atoms with Crippen molar-refractivity contribution in [2.75, 3.05) is 12.9 Å². The van der Waals surface area contributed by atoms with Crippen LogP contribution in [0, 0.1) is 0 Å². The summed E-state index contributed by atoms with van der Waals surface area (Å²) in [4.78, 5) is 11.0. The molecule has 0 aliphatic heterocycles. The molecular weight excluding hydrogens is 314 g/mol. The van der Waals surface area contributed by atoms with Crippen molar-refractivity contribution < 1.29 is 17.9 Å². The summed E-state index contributed by atoms with van der Waals surface area (Å²) >= 11 is 5.92. The van der Waals surface area contributed by atoms with Crippen LogP contribution in [0.1, 0.15) is 37.8 Å². The van der Waals surface area contributed by atoms with Gasteiger partial charge in [-0.3, -0.25) is 4.79 Å². The summed E-state index contributed by atoms with van der Waals surface area (Å²) in [5.74, 6) is -0.522. The van der Waals surface area contributed by atoms with Crippen molar-refractivity contribution in [3.8, 4) is 0 Å². The van der Waals surface area contributed by atoms with Gasteiger partial charge in [0.05, 0.1) is 12.9 Å². The Balaban J connectivity index is 2.65. The second kappa shape index (κ2) is 8.36. The highest BCUT2D eigenvalue weighted by Gasteiger charge is 2.18. The number of carbonyl (C=O) groups excluding carboxylic acids is 1. The standard InChI is InChI=1S/C14H20ClNO4S/c1-3-13(11-6-4-7-12(15)10-11)16-21(18,19)9-5-8-14(17)20-2/h4,6-7,10,13,16H,3,5,8-9H2,1-2H3. The van der Waals surface area contributed by atoms with Crippen LogP contribution >= 0.6 is 11.6 Å². The minimum Gasteiger partial charge on any atom is -0.469 e. The van der Waals surface area contributed by atoms with Gasteiger partial charge in [0, 0.05) is 17.5 Å². The fourth-order valence-electron chi connectivity index (χ4n) is 1.89. The van der Waals surface area contributed by atoms with Crippen molar-refractivity contribution in [1.29, 1.82) is 0 Å². The van der Waals surface area contributed by atoms with Gasteiger partial charge in [-0.1, -0.05) is 30.7 Å². The zero-order valence-corrected chi connectivity index (χ0v) is 13.7. The Labute approximate surface area is 130 Å². The van der Waals surface area contributed by atoms with Crippen molar-refractivity contribution in [3.05, 3.63) is 34.9 Å². The SMILES string of the molecule is CCC(NS(=O)(=O)CCCC(=O)OC)c1cccc(Cl)c1. The van der Waals surface area contributed by atoms with Crippen LogP contribution in [0.15, 0.2) is 24.3 Å². The fraction of sp³-hybridized carbons (Fsp3) is 0.500. The van der Waals surface area contributed by atoms with Gasteiger partial charge in [0.1, 0.15) is 0 Å². The van der Waals surface area contributed by atoms with E-state index < -0.39 is 16.0 Å². The third kappa shape index (κ3) is 6.46. The van der Waals surface area contributed by atoms with Crippen LogP contribution < -0.4 is 4.72 Å². The first-order valence-corrected chi connectivity index (χ1v) is 8.73. The molecule has 0 aliphatic rings. The van der Waals surface area contributed by atoms with Crippen molar-refractivity contribution in [2.24, 2.45) is 0 Å². The van der Waals surface area contributed by atoms with E-state index in [-0.39, 0.29) is 24.6 Å². The van der Waals surface area contributed by atoms with Crippen molar-refractivity contribution in [2.45, 2.75) is 32.2 Å². The van der Waals surface area contributed by atoms with E-state index in [1.165, 1.54) is 7.11 Å². The molecule has 21 heavy (non-hydrogen) atoms. The summed E-state index contributed by atoms with van der Waals surface area (Å²) in [6.07, 6.45) is 0.927. The number of esters is 1. The van der Waals surface area contributed by atoms with Crippen LogP contribution in [-0.4, -0.2) is 27.2 Å². The van der Waals surface area contributed by atoms with Gasteiger partial charge in [-0.25, -0.2) is 13.1 Å². The fourth-order valence-corrected chi connectivity index (χ4v) is 3.47. The van der Waals surface area contributed by atoms with Crippen LogP contribution in [0.5, 0.6) is 0 Å². The first kappa shape index (κ1) is 17.9. The number of ether oxygens (including phenoxy) is 1. The average Bonchev–Trinajstić information content (AvgIpc) is 2.44. The number of benzene rings is 1. The lowest BCUT2D eigenvalue weighted by atomic mass is 10.1. The molecule has 0 aromatic heterocycles. The molecule has 0 saturated carbocycles. The molecule has 118 valence electrons. The lowest BCUT2D eigenvalue weighted by molar-refractivity contribution is -0.140. The van der Waals surface area contributed by atoms with Gasteiger partial charge in [-0.2, -0.15) is 0 Å². The Bertz CT molecular complexity index is 574. The second-order valence-electron chi connectivity index (χ2n) is 4.63. The first-order chi connectivity index (χ1) is 9.88. The predicted octanol–water partition coefficient (Wildman–Crippen LogP) is 2.66. The van der Waals surface area contributed by atoms with Gasteiger partial charge in [-0.15, -0.1) is 0 Å². The Morgan fingerprint density at radius 1 is 1.43 bits per heavy atom. The number of carbonyl (C=O) groups is 1. The molecule has 0 radical (unpaired) electrons. The Morgan fingerprint density at radius 2 is 2.14 bits per heavy atom. The Morgan fingerprint density at radius 3 is 2.71 bits per heavy atom. The topological polar surface area (TPSA) is 72.5 Å². The average molecular weight is 334 g/mol. The zero-order chi connectivity index (χ0) is 15.9. The lowest BCUT2D eigenvalue weighted by Crippen LogP contribution is -2.30. The van der Waals surface area contributed by atoms with Crippen LogP contribution in [0.3, 0.4) is 0 Å². The molecule has 0 amide bonds. The van der Waals surface area contributed by atoms with E-state index in [1.54, 1.807) is 18.2 Å². The third-order valence-electron chi connectivity index (χ3n) is 3.00. The molecule has 7 heteroatoms. The van der Waals surface area contributed by atoms with Crippen LogP contribution in [0.2, 0.25) is 5.02 Å². The summed E-state index contributed by atoms with van der Waals surface area (Å²) < 4.78 is 31.2. The first-order valence-electron chi connectivity index (χ1n) is 6.70. The number of halogens is 1. The van der Waals surface area contributed by atoms with Gasteiger partial charge in [0.2, 0.25) is 10.0 Å². The van der Waals surface area contributed by atoms with Crippen LogP contribution in [-0.2, 0) is 19.6 Å². The highest BCUT2D eigenvalue weighted by Crippen LogP contribution is 2.21. The van der Waals surface area contributed by atoms with E-state index in [0.717, 1.165) is 5.56 Å². The molecule has 0 aliphatic carbocycles. The minimum absolute atomic E-state index is 0.0887. The van der Waals surface area contributed by atoms with Crippen molar-refractivity contribution in [3.63, 3.8) is 0 Å². The number of methoxy groups -OCH3 is 1. The van der Waals surface area contributed by atoms with Crippen molar-refractivity contribution in [1.82, 2.24) is 4.72 Å². The van der Waals surface area contributed by atoms with E-state index in [4.69, 9.17) is 11.6 Å². The molecule has 5 nitrogen and oxygen atoms in total. The third-order valence-corrected chi connectivity index (χ3v) is 4.71. The minimum atomic E-state index is -3.46. The van der Waals surface area contributed by atoms with E-state index >= 15 is 0 Å². The van der Waals surface area contributed by atoms with Crippen molar-refractivity contribution >= 4 is 27.6 Å². The van der Waals surface area contributed by atoms with Crippen LogP contribution in [0.4, 0.5) is 0 Å². The maximum Gasteiger partial charge on any atom is 0.305 e. The summed E-state index contributed by atoms with van der Waals surface area (Å²) in [7, 11) is -2.18. The maximum atomic E-state index is 12.0. The molecule has 0 fully saturated rings. The number of hydrogen-bond acceptors (Lipinski definition) is 4. The summed E-state index contributed by atoms with van der Waals surface area (Å²) in [6.45, 7) is 1.89.